The van der Waals surface area contributed by atoms with E-state index in [-0.39, 0.29) is 0 Å². The number of halogens is 1. The molecule has 4 rings (SSSR count). The van der Waals surface area contributed by atoms with Gasteiger partial charge in [-0.3, -0.25) is 9.88 Å². The Hall–Kier alpha value is -1.33. The number of benzene rings is 1. The van der Waals surface area contributed by atoms with Crippen LogP contribution in [0, 0.1) is 0 Å². The Morgan fingerprint density at radius 2 is 2.14 bits per heavy atom. The molecule has 0 saturated carbocycles. The van der Waals surface area contributed by atoms with Gasteiger partial charge in [0.1, 0.15) is 0 Å². The van der Waals surface area contributed by atoms with Crippen molar-refractivity contribution in [1.82, 2.24) is 9.88 Å². The van der Waals surface area contributed by atoms with Gasteiger partial charge in [-0.15, -0.1) is 0 Å². The molecule has 2 aliphatic heterocycles. The molecular formula is C16H19BrN4. The first-order valence-corrected chi connectivity index (χ1v) is 8.34. The Bertz CT molecular complexity index is 687. The average molecular weight is 347 g/mol. The van der Waals surface area contributed by atoms with Gasteiger partial charge in [-0.1, -0.05) is 0 Å². The van der Waals surface area contributed by atoms with Gasteiger partial charge in [0.05, 0.1) is 11.2 Å². The van der Waals surface area contributed by atoms with E-state index in [1.807, 2.05) is 12.3 Å². The molecule has 3 heterocycles. The lowest BCUT2D eigenvalue weighted by Crippen LogP contribution is -2.50. The zero-order valence-electron chi connectivity index (χ0n) is 11.9. The first kappa shape index (κ1) is 13.3. The number of fused-ring (bicyclic) bond motifs is 2. The Morgan fingerprint density at radius 1 is 1.24 bits per heavy atom. The molecule has 2 fully saturated rings. The maximum absolute atomic E-state index is 6.12. The van der Waals surface area contributed by atoms with Gasteiger partial charge in [0.25, 0.3) is 0 Å². The Labute approximate surface area is 133 Å². The number of anilines is 2. The topological polar surface area (TPSA) is 45.4 Å². The van der Waals surface area contributed by atoms with Gasteiger partial charge in [-0.25, -0.2) is 0 Å². The molecule has 2 aromatic rings. The number of nitrogens with zero attached hydrogens (tertiary/aromatic N) is 3. The number of piperazine rings is 1. The van der Waals surface area contributed by atoms with Gasteiger partial charge >= 0.3 is 0 Å². The molecule has 21 heavy (non-hydrogen) atoms. The highest BCUT2D eigenvalue weighted by Crippen LogP contribution is 2.33. The molecule has 1 aromatic heterocycles. The van der Waals surface area contributed by atoms with Crippen molar-refractivity contribution < 1.29 is 0 Å². The van der Waals surface area contributed by atoms with Gasteiger partial charge in [-0.2, -0.15) is 0 Å². The highest BCUT2D eigenvalue weighted by Gasteiger charge is 2.31. The second-order valence-corrected chi connectivity index (χ2v) is 6.92. The number of nitrogens with two attached hydrogens (primary N) is 1. The van der Waals surface area contributed by atoms with Crippen molar-refractivity contribution in [3.05, 3.63) is 28.9 Å². The molecule has 5 heteroatoms. The SMILES string of the molecule is Nc1ccc(N2CCN3CCCC3C2)c2ncc(Br)cc12. The molecule has 0 radical (unpaired) electrons. The van der Waals surface area contributed by atoms with Crippen molar-refractivity contribution in [2.24, 2.45) is 0 Å². The molecular weight excluding hydrogens is 328 g/mol. The van der Waals surface area contributed by atoms with Crippen LogP contribution in [0.3, 0.4) is 0 Å². The van der Waals surface area contributed by atoms with E-state index in [0.29, 0.717) is 6.04 Å². The lowest BCUT2D eigenvalue weighted by atomic mass is 10.1. The molecule has 1 unspecified atom stereocenters. The summed E-state index contributed by atoms with van der Waals surface area (Å²) in [5, 5.41) is 1.04. The number of rotatable bonds is 1. The maximum Gasteiger partial charge on any atom is 0.0956 e. The maximum atomic E-state index is 6.12. The predicted molar refractivity (Wildman–Crippen MR) is 90.7 cm³/mol. The van der Waals surface area contributed by atoms with Gasteiger partial charge in [0, 0.05) is 47.4 Å². The second-order valence-electron chi connectivity index (χ2n) is 6.00. The van der Waals surface area contributed by atoms with Gasteiger partial charge in [-0.05, 0) is 53.5 Å². The van der Waals surface area contributed by atoms with Crippen LogP contribution >= 0.6 is 15.9 Å². The van der Waals surface area contributed by atoms with Crippen molar-refractivity contribution in [1.29, 1.82) is 0 Å². The van der Waals surface area contributed by atoms with E-state index in [9.17, 15) is 0 Å². The molecule has 0 bridgehead atoms. The quantitative estimate of drug-likeness (QED) is 0.806. The minimum atomic E-state index is 0.710. The van der Waals surface area contributed by atoms with Crippen LogP contribution in [0.1, 0.15) is 12.8 Å². The van der Waals surface area contributed by atoms with E-state index >= 15 is 0 Å². The third-order valence-electron chi connectivity index (χ3n) is 4.76. The van der Waals surface area contributed by atoms with E-state index in [1.54, 1.807) is 0 Å². The Balaban J connectivity index is 1.75. The van der Waals surface area contributed by atoms with Crippen LogP contribution in [0.5, 0.6) is 0 Å². The summed E-state index contributed by atoms with van der Waals surface area (Å²) in [6.07, 6.45) is 4.52. The zero-order valence-corrected chi connectivity index (χ0v) is 13.5. The van der Waals surface area contributed by atoms with E-state index in [2.05, 4.69) is 42.8 Å². The Kier molecular flexibility index (Phi) is 3.27. The number of aromatic nitrogens is 1. The third kappa shape index (κ3) is 2.28. The van der Waals surface area contributed by atoms with Crippen LogP contribution in [0.2, 0.25) is 0 Å². The van der Waals surface area contributed by atoms with E-state index in [0.717, 1.165) is 40.7 Å². The van der Waals surface area contributed by atoms with Gasteiger partial charge in [0.15, 0.2) is 0 Å². The summed E-state index contributed by atoms with van der Waals surface area (Å²) in [5.74, 6) is 0. The van der Waals surface area contributed by atoms with Crippen LogP contribution in [-0.4, -0.2) is 42.1 Å². The summed E-state index contributed by atoms with van der Waals surface area (Å²) < 4.78 is 0.972. The predicted octanol–water partition coefficient (Wildman–Crippen LogP) is 2.86. The largest absolute Gasteiger partial charge is 0.398 e. The summed E-state index contributed by atoms with van der Waals surface area (Å²) in [6, 6.07) is 6.91. The fraction of sp³-hybridized carbons (Fsp3) is 0.438. The molecule has 2 saturated heterocycles. The second kappa shape index (κ2) is 5.14. The number of pyridine rings is 1. The number of hydrogen-bond donors (Lipinski definition) is 1. The Morgan fingerprint density at radius 3 is 3.05 bits per heavy atom. The summed E-state index contributed by atoms with van der Waals surface area (Å²) in [4.78, 5) is 9.73. The fourth-order valence-electron chi connectivity index (χ4n) is 3.67. The van der Waals surface area contributed by atoms with Gasteiger partial charge < -0.3 is 10.6 Å². The lowest BCUT2D eigenvalue weighted by molar-refractivity contribution is 0.231. The number of nitrogen functional groups attached to an aromatic ring is 1. The van der Waals surface area contributed by atoms with Crippen LogP contribution < -0.4 is 10.6 Å². The number of hydrogen-bond acceptors (Lipinski definition) is 4. The highest BCUT2D eigenvalue weighted by molar-refractivity contribution is 9.10. The van der Waals surface area contributed by atoms with E-state index in [1.165, 1.54) is 25.1 Å². The van der Waals surface area contributed by atoms with Crippen molar-refractivity contribution in [2.45, 2.75) is 18.9 Å². The van der Waals surface area contributed by atoms with E-state index in [4.69, 9.17) is 5.73 Å². The minimum absolute atomic E-state index is 0.710. The molecule has 0 spiro atoms. The first-order valence-electron chi connectivity index (χ1n) is 7.55. The highest BCUT2D eigenvalue weighted by atomic mass is 79.9. The van der Waals surface area contributed by atoms with Gasteiger partial charge in [0.2, 0.25) is 0 Å². The normalized spacial score (nSPS) is 22.7. The molecule has 0 aliphatic carbocycles. The molecule has 2 N–H and O–H groups in total. The van der Waals surface area contributed by atoms with Crippen LogP contribution in [0.15, 0.2) is 28.9 Å². The summed E-state index contributed by atoms with van der Waals surface area (Å²) >= 11 is 3.49. The molecule has 1 aromatic carbocycles. The molecule has 1 atom stereocenters. The molecule has 0 amide bonds. The fourth-order valence-corrected chi connectivity index (χ4v) is 4.00. The van der Waals surface area contributed by atoms with Crippen molar-refractivity contribution in [3.63, 3.8) is 0 Å². The smallest absolute Gasteiger partial charge is 0.0956 e. The standard InChI is InChI=1S/C16H19BrN4/c17-11-8-13-14(18)3-4-15(16(13)19-9-11)21-7-6-20-5-1-2-12(20)10-21/h3-4,8-9,12H,1-2,5-7,10,18H2. The van der Waals surface area contributed by atoms with Crippen molar-refractivity contribution in [2.75, 3.05) is 36.8 Å². The van der Waals surface area contributed by atoms with Crippen molar-refractivity contribution in [3.8, 4) is 0 Å². The van der Waals surface area contributed by atoms with Crippen LogP contribution in [0.25, 0.3) is 10.9 Å². The first-order chi connectivity index (χ1) is 10.2. The molecule has 2 aliphatic rings. The monoisotopic (exact) mass is 346 g/mol. The molecule has 110 valence electrons. The lowest BCUT2D eigenvalue weighted by Gasteiger charge is -2.39. The zero-order chi connectivity index (χ0) is 14.4. The minimum Gasteiger partial charge on any atom is -0.398 e. The third-order valence-corrected chi connectivity index (χ3v) is 5.19. The van der Waals surface area contributed by atoms with Crippen molar-refractivity contribution >= 4 is 38.2 Å². The average Bonchev–Trinajstić information content (AvgIpc) is 2.95. The summed E-state index contributed by atoms with van der Waals surface area (Å²) in [7, 11) is 0. The van der Waals surface area contributed by atoms with E-state index < -0.39 is 0 Å². The summed E-state index contributed by atoms with van der Waals surface area (Å²) in [6.45, 7) is 4.61. The van der Waals surface area contributed by atoms with Crippen LogP contribution in [0.4, 0.5) is 11.4 Å². The molecule has 4 nitrogen and oxygen atoms in total. The summed E-state index contributed by atoms with van der Waals surface area (Å²) in [5.41, 5.74) is 9.15. The van der Waals surface area contributed by atoms with Crippen LogP contribution in [-0.2, 0) is 0 Å².